The summed E-state index contributed by atoms with van der Waals surface area (Å²) in [5.41, 5.74) is 0. The number of hydrogen-bond acceptors (Lipinski definition) is 4. The van der Waals surface area contributed by atoms with E-state index in [0.717, 1.165) is 0 Å². The number of carbonyl (C=O) groups excluding carboxylic acids is 1. The minimum atomic E-state index is -0.343. The van der Waals surface area contributed by atoms with E-state index in [-0.39, 0.29) is 24.0 Å². The van der Waals surface area contributed by atoms with E-state index in [0.29, 0.717) is 32.7 Å². The van der Waals surface area contributed by atoms with Crippen LogP contribution in [-0.4, -0.2) is 61.4 Å². The average molecular weight is 214 g/mol. The van der Waals surface area contributed by atoms with Crippen molar-refractivity contribution in [2.24, 2.45) is 5.92 Å². The topological polar surface area (TPSA) is 61.8 Å². The number of carbonyl (C=O) groups is 1. The summed E-state index contributed by atoms with van der Waals surface area (Å²) in [6, 6.07) is 0.121. The van der Waals surface area contributed by atoms with Gasteiger partial charge in [0.15, 0.2) is 0 Å². The highest BCUT2D eigenvalue weighted by atomic mass is 16.5. The van der Waals surface area contributed by atoms with Gasteiger partial charge in [-0.3, -0.25) is 4.79 Å². The molecule has 2 heterocycles. The van der Waals surface area contributed by atoms with Crippen LogP contribution in [0, 0.1) is 5.92 Å². The lowest BCUT2D eigenvalue weighted by Crippen LogP contribution is -2.44. The number of amides is 1. The minimum absolute atomic E-state index is 0.0831. The zero-order valence-corrected chi connectivity index (χ0v) is 8.98. The molecule has 86 valence electrons. The van der Waals surface area contributed by atoms with E-state index in [1.54, 1.807) is 4.90 Å². The fourth-order valence-corrected chi connectivity index (χ4v) is 2.26. The number of likely N-dealkylation sites (tertiary alicyclic amines) is 1. The Hall–Kier alpha value is -0.650. The first-order chi connectivity index (χ1) is 7.22. The van der Waals surface area contributed by atoms with E-state index in [4.69, 9.17) is 4.74 Å². The van der Waals surface area contributed by atoms with E-state index >= 15 is 0 Å². The number of hydrogen-bond donors (Lipinski definition) is 2. The van der Waals surface area contributed by atoms with Gasteiger partial charge in [0.05, 0.1) is 25.2 Å². The largest absolute Gasteiger partial charge is 0.391 e. The van der Waals surface area contributed by atoms with Crippen LogP contribution in [0.2, 0.25) is 0 Å². The molecule has 2 aliphatic heterocycles. The van der Waals surface area contributed by atoms with E-state index in [9.17, 15) is 9.90 Å². The predicted molar refractivity (Wildman–Crippen MR) is 54.4 cm³/mol. The molecule has 0 bridgehead atoms. The molecule has 2 aliphatic rings. The SMILES string of the molecule is CNC1COCC1C(=O)N1CC[C@H](O)C1. The number of rotatable bonds is 2. The zero-order valence-electron chi connectivity index (χ0n) is 8.98. The Kier molecular flexibility index (Phi) is 3.23. The van der Waals surface area contributed by atoms with Crippen molar-refractivity contribution < 1.29 is 14.6 Å². The van der Waals surface area contributed by atoms with Crippen LogP contribution in [0.3, 0.4) is 0 Å². The monoisotopic (exact) mass is 214 g/mol. The second kappa shape index (κ2) is 4.47. The number of nitrogens with zero attached hydrogens (tertiary/aromatic N) is 1. The highest BCUT2D eigenvalue weighted by molar-refractivity contribution is 5.80. The summed E-state index contributed by atoms with van der Waals surface area (Å²) in [4.78, 5) is 13.8. The smallest absolute Gasteiger partial charge is 0.229 e. The third-order valence-corrected chi connectivity index (χ3v) is 3.24. The maximum Gasteiger partial charge on any atom is 0.229 e. The first-order valence-electron chi connectivity index (χ1n) is 5.44. The Morgan fingerprint density at radius 1 is 1.53 bits per heavy atom. The van der Waals surface area contributed by atoms with E-state index in [2.05, 4.69) is 5.32 Å². The van der Waals surface area contributed by atoms with Gasteiger partial charge in [-0.25, -0.2) is 0 Å². The van der Waals surface area contributed by atoms with E-state index < -0.39 is 0 Å². The van der Waals surface area contributed by atoms with Crippen LogP contribution in [0.25, 0.3) is 0 Å². The highest BCUT2D eigenvalue weighted by Crippen LogP contribution is 2.19. The Bertz CT molecular complexity index is 247. The lowest BCUT2D eigenvalue weighted by molar-refractivity contribution is -0.135. The summed E-state index contributed by atoms with van der Waals surface area (Å²) in [6.45, 7) is 2.25. The molecule has 2 saturated heterocycles. The standard InChI is InChI=1S/C10H18N2O3/c1-11-9-6-15-5-8(9)10(14)12-3-2-7(13)4-12/h7-9,11,13H,2-6H2,1H3/t7-,8?,9?/m0/s1. The van der Waals surface area contributed by atoms with Crippen LogP contribution in [0.1, 0.15) is 6.42 Å². The fraction of sp³-hybridized carbons (Fsp3) is 0.900. The third kappa shape index (κ3) is 2.14. The third-order valence-electron chi connectivity index (χ3n) is 3.24. The summed E-state index contributed by atoms with van der Waals surface area (Å²) in [6.07, 6.45) is 0.355. The lowest BCUT2D eigenvalue weighted by Gasteiger charge is -2.22. The molecule has 0 aromatic rings. The zero-order chi connectivity index (χ0) is 10.8. The number of aliphatic hydroxyl groups excluding tert-OH is 1. The minimum Gasteiger partial charge on any atom is -0.391 e. The molecule has 0 radical (unpaired) electrons. The number of ether oxygens (including phenoxy) is 1. The molecule has 0 saturated carbocycles. The van der Waals surface area contributed by atoms with Gasteiger partial charge in [-0.1, -0.05) is 0 Å². The normalized spacial score (nSPS) is 36.1. The Morgan fingerprint density at radius 2 is 2.33 bits per heavy atom. The quantitative estimate of drug-likeness (QED) is 0.607. The molecule has 2 fully saturated rings. The van der Waals surface area contributed by atoms with Gasteiger partial charge in [-0.05, 0) is 13.5 Å². The molecule has 15 heavy (non-hydrogen) atoms. The van der Waals surface area contributed by atoms with Gasteiger partial charge in [0, 0.05) is 19.1 Å². The van der Waals surface area contributed by atoms with Crippen molar-refractivity contribution in [2.45, 2.75) is 18.6 Å². The maximum atomic E-state index is 12.1. The van der Waals surface area contributed by atoms with Crippen LogP contribution < -0.4 is 5.32 Å². The highest BCUT2D eigenvalue weighted by Gasteiger charge is 2.37. The molecule has 2 unspecified atom stereocenters. The van der Waals surface area contributed by atoms with Crippen molar-refractivity contribution in [2.75, 3.05) is 33.4 Å². The van der Waals surface area contributed by atoms with Gasteiger partial charge in [-0.15, -0.1) is 0 Å². The number of aliphatic hydroxyl groups is 1. The van der Waals surface area contributed by atoms with Crippen molar-refractivity contribution in [1.29, 1.82) is 0 Å². The van der Waals surface area contributed by atoms with Crippen molar-refractivity contribution in [3.8, 4) is 0 Å². The average Bonchev–Trinajstić information content (AvgIpc) is 2.84. The van der Waals surface area contributed by atoms with Gasteiger partial charge in [0.1, 0.15) is 0 Å². The Morgan fingerprint density at radius 3 is 2.93 bits per heavy atom. The summed E-state index contributed by atoms with van der Waals surface area (Å²) >= 11 is 0. The van der Waals surface area contributed by atoms with E-state index in [1.807, 2.05) is 7.05 Å². The van der Waals surface area contributed by atoms with Gasteiger partial charge < -0.3 is 20.1 Å². The molecule has 2 rings (SSSR count). The van der Waals surface area contributed by atoms with Crippen LogP contribution in [0.5, 0.6) is 0 Å². The molecule has 5 nitrogen and oxygen atoms in total. The van der Waals surface area contributed by atoms with Crippen molar-refractivity contribution in [3.05, 3.63) is 0 Å². The Labute approximate surface area is 89.4 Å². The van der Waals surface area contributed by atoms with Gasteiger partial charge in [0.2, 0.25) is 5.91 Å². The summed E-state index contributed by atoms with van der Waals surface area (Å²) < 4.78 is 5.30. The van der Waals surface area contributed by atoms with Gasteiger partial charge >= 0.3 is 0 Å². The van der Waals surface area contributed by atoms with Crippen LogP contribution in [-0.2, 0) is 9.53 Å². The molecule has 3 atom stereocenters. The van der Waals surface area contributed by atoms with Crippen molar-refractivity contribution >= 4 is 5.91 Å². The van der Waals surface area contributed by atoms with Gasteiger partial charge in [0.25, 0.3) is 0 Å². The van der Waals surface area contributed by atoms with Crippen LogP contribution in [0.4, 0.5) is 0 Å². The molecule has 0 spiro atoms. The fourth-order valence-electron chi connectivity index (χ4n) is 2.26. The lowest BCUT2D eigenvalue weighted by atomic mass is 10.0. The molecule has 0 aliphatic carbocycles. The Balaban J connectivity index is 1.95. The predicted octanol–water partition coefficient (Wildman–Crippen LogP) is -1.19. The van der Waals surface area contributed by atoms with Crippen LogP contribution >= 0.6 is 0 Å². The van der Waals surface area contributed by atoms with Crippen LogP contribution in [0.15, 0.2) is 0 Å². The first-order valence-corrected chi connectivity index (χ1v) is 5.44. The summed E-state index contributed by atoms with van der Waals surface area (Å²) in [7, 11) is 1.85. The number of β-amino-alcohol motifs (C(OH)–C–C–N with tert-alkyl or cyclic N) is 1. The first kappa shape index (κ1) is 10.9. The maximum absolute atomic E-state index is 12.1. The second-order valence-electron chi connectivity index (χ2n) is 4.27. The molecular weight excluding hydrogens is 196 g/mol. The number of nitrogens with one attached hydrogen (secondary N) is 1. The van der Waals surface area contributed by atoms with E-state index in [1.165, 1.54) is 0 Å². The molecular formula is C10H18N2O3. The molecule has 1 amide bonds. The molecule has 0 aromatic heterocycles. The summed E-state index contributed by atoms with van der Waals surface area (Å²) in [5.74, 6) is 0.0312. The molecule has 2 N–H and O–H groups in total. The van der Waals surface area contributed by atoms with Crippen molar-refractivity contribution in [1.82, 2.24) is 10.2 Å². The summed E-state index contributed by atoms with van der Waals surface area (Å²) in [5, 5.41) is 12.5. The van der Waals surface area contributed by atoms with Crippen molar-refractivity contribution in [3.63, 3.8) is 0 Å². The molecule has 0 aromatic carbocycles. The number of likely N-dealkylation sites (N-methyl/N-ethyl adjacent to an activating group) is 1. The van der Waals surface area contributed by atoms with Gasteiger partial charge in [-0.2, -0.15) is 0 Å². The molecule has 5 heteroatoms. The second-order valence-corrected chi connectivity index (χ2v) is 4.27.